The molecule has 1 aromatic carbocycles. The Kier molecular flexibility index (Phi) is 4.19. The molecule has 2 nitrogen and oxygen atoms in total. The van der Waals surface area contributed by atoms with Crippen LogP contribution in [0, 0.1) is 12.7 Å². The van der Waals surface area contributed by atoms with Crippen molar-refractivity contribution in [2.45, 2.75) is 31.9 Å². The molecule has 0 atom stereocenters. The van der Waals surface area contributed by atoms with Crippen LogP contribution in [0.2, 0.25) is 0 Å². The number of aryl methyl sites for hydroxylation is 1. The number of rotatable bonds is 1. The highest BCUT2D eigenvalue weighted by atomic mass is 32.2. The Hall–Kier alpha value is -1.03. The van der Waals surface area contributed by atoms with E-state index >= 15 is 0 Å². The molecule has 1 aromatic rings. The lowest BCUT2D eigenvalue weighted by Gasteiger charge is -2.23. The van der Waals surface area contributed by atoms with E-state index in [9.17, 15) is 9.18 Å². The van der Waals surface area contributed by atoms with Gasteiger partial charge in [-0.1, -0.05) is 13.8 Å². The van der Waals surface area contributed by atoms with Gasteiger partial charge in [-0.2, -0.15) is 11.8 Å². The Morgan fingerprint density at radius 2 is 2.11 bits per heavy atom. The van der Waals surface area contributed by atoms with E-state index < -0.39 is 0 Å². The predicted molar refractivity (Wildman–Crippen MR) is 78.2 cm³/mol. The van der Waals surface area contributed by atoms with Crippen molar-refractivity contribution in [3.8, 4) is 0 Å². The summed E-state index contributed by atoms with van der Waals surface area (Å²) in [6.07, 6.45) is 0.990. The zero-order chi connectivity index (χ0) is 14.0. The lowest BCUT2D eigenvalue weighted by Crippen LogP contribution is -2.33. The van der Waals surface area contributed by atoms with Crippen LogP contribution in [0.1, 0.15) is 36.2 Å². The van der Waals surface area contributed by atoms with Gasteiger partial charge >= 0.3 is 0 Å². The van der Waals surface area contributed by atoms with Crippen molar-refractivity contribution in [2.75, 3.05) is 18.8 Å². The Morgan fingerprint density at radius 1 is 1.37 bits per heavy atom. The van der Waals surface area contributed by atoms with E-state index in [1.807, 2.05) is 16.7 Å². The summed E-state index contributed by atoms with van der Waals surface area (Å²) in [4.78, 5) is 14.3. The zero-order valence-corrected chi connectivity index (χ0v) is 12.5. The number of benzene rings is 1. The van der Waals surface area contributed by atoms with E-state index in [-0.39, 0.29) is 16.5 Å². The Balaban J connectivity index is 2.13. The highest BCUT2D eigenvalue weighted by Gasteiger charge is 2.26. The normalized spacial score (nSPS) is 19.1. The number of hydrogen-bond donors (Lipinski definition) is 0. The minimum atomic E-state index is -0.260. The summed E-state index contributed by atoms with van der Waals surface area (Å²) in [5.41, 5.74) is 1.11. The highest BCUT2D eigenvalue weighted by Crippen LogP contribution is 2.31. The van der Waals surface area contributed by atoms with Gasteiger partial charge in [0.1, 0.15) is 5.82 Å². The van der Waals surface area contributed by atoms with Crippen LogP contribution < -0.4 is 0 Å². The molecular weight excluding hydrogens is 261 g/mol. The van der Waals surface area contributed by atoms with Crippen molar-refractivity contribution in [3.63, 3.8) is 0 Å². The molecule has 1 aliphatic rings. The van der Waals surface area contributed by atoms with Gasteiger partial charge in [0.05, 0.1) is 0 Å². The maximum atomic E-state index is 13.2. The highest BCUT2D eigenvalue weighted by molar-refractivity contribution is 8.00. The van der Waals surface area contributed by atoms with Gasteiger partial charge in [0.15, 0.2) is 0 Å². The summed E-state index contributed by atoms with van der Waals surface area (Å²) in [6, 6.07) is 4.59. The zero-order valence-electron chi connectivity index (χ0n) is 11.7. The average molecular weight is 281 g/mol. The minimum absolute atomic E-state index is 0.0152. The molecule has 0 aromatic heterocycles. The molecule has 104 valence electrons. The third-order valence-corrected chi connectivity index (χ3v) is 4.90. The Morgan fingerprint density at radius 3 is 2.79 bits per heavy atom. The fourth-order valence-corrected chi connectivity index (χ4v) is 3.28. The Bertz CT molecular complexity index is 487. The first-order valence-corrected chi connectivity index (χ1v) is 7.57. The van der Waals surface area contributed by atoms with Crippen LogP contribution in [0.25, 0.3) is 0 Å². The quantitative estimate of drug-likeness (QED) is 0.785. The summed E-state index contributed by atoms with van der Waals surface area (Å²) >= 11 is 1.91. The van der Waals surface area contributed by atoms with E-state index in [2.05, 4.69) is 13.8 Å². The summed E-state index contributed by atoms with van der Waals surface area (Å²) in [7, 11) is 0. The number of carbonyl (C=O) groups is 1. The molecule has 0 N–H and O–H groups in total. The molecule has 0 spiro atoms. The number of hydrogen-bond acceptors (Lipinski definition) is 2. The molecule has 0 bridgehead atoms. The van der Waals surface area contributed by atoms with E-state index in [0.717, 1.165) is 25.3 Å². The van der Waals surface area contributed by atoms with Crippen molar-refractivity contribution in [2.24, 2.45) is 0 Å². The van der Waals surface area contributed by atoms with Gasteiger partial charge in [-0.3, -0.25) is 4.79 Å². The molecule has 0 unspecified atom stereocenters. The van der Waals surface area contributed by atoms with Gasteiger partial charge in [0.25, 0.3) is 5.91 Å². The van der Waals surface area contributed by atoms with Crippen LogP contribution in [0.4, 0.5) is 4.39 Å². The molecular formula is C15H20FNOS. The second-order valence-electron chi connectivity index (χ2n) is 5.61. The molecule has 19 heavy (non-hydrogen) atoms. The monoisotopic (exact) mass is 281 g/mol. The van der Waals surface area contributed by atoms with Gasteiger partial charge < -0.3 is 4.90 Å². The van der Waals surface area contributed by atoms with E-state index in [4.69, 9.17) is 0 Å². The molecule has 1 heterocycles. The number of halogens is 1. The molecule has 1 amide bonds. The van der Waals surface area contributed by atoms with E-state index in [0.29, 0.717) is 11.1 Å². The second kappa shape index (κ2) is 5.53. The first kappa shape index (κ1) is 14.4. The number of thioether (sulfide) groups is 1. The molecule has 1 fully saturated rings. The van der Waals surface area contributed by atoms with Crippen LogP contribution in [-0.4, -0.2) is 34.4 Å². The smallest absolute Gasteiger partial charge is 0.253 e. The lowest BCUT2D eigenvalue weighted by atomic mass is 10.1. The maximum absolute atomic E-state index is 13.2. The molecule has 0 saturated carbocycles. The summed E-state index contributed by atoms with van der Waals surface area (Å²) < 4.78 is 13.5. The van der Waals surface area contributed by atoms with Crippen molar-refractivity contribution < 1.29 is 9.18 Å². The second-order valence-corrected chi connectivity index (χ2v) is 7.42. The van der Waals surface area contributed by atoms with Crippen LogP contribution in [0.15, 0.2) is 18.2 Å². The average Bonchev–Trinajstić information content (AvgIpc) is 2.53. The Labute approximate surface area is 118 Å². The first-order valence-electron chi connectivity index (χ1n) is 6.58. The standard InChI is InChI=1S/C15H20FNOS/c1-11-10-12(4-5-13(11)16)14(18)17-7-6-15(2,3)19-9-8-17/h4-5,10H,6-9H2,1-3H3. The van der Waals surface area contributed by atoms with Gasteiger partial charge in [-0.05, 0) is 37.1 Å². The van der Waals surface area contributed by atoms with Crippen molar-refractivity contribution in [3.05, 3.63) is 35.1 Å². The SMILES string of the molecule is Cc1cc(C(=O)N2CCSC(C)(C)CC2)ccc1F. The first-order chi connectivity index (χ1) is 8.89. The lowest BCUT2D eigenvalue weighted by molar-refractivity contribution is 0.0764. The molecule has 0 aliphatic carbocycles. The van der Waals surface area contributed by atoms with Crippen molar-refractivity contribution in [1.29, 1.82) is 0 Å². The van der Waals surface area contributed by atoms with Gasteiger partial charge in [-0.15, -0.1) is 0 Å². The van der Waals surface area contributed by atoms with E-state index in [1.165, 1.54) is 6.07 Å². The topological polar surface area (TPSA) is 20.3 Å². The van der Waals surface area contributed by atoms with Crippen molar-refractivity contribution in [1.82, 2.24) is 4.90 Å². The fourth-order valence-electron chi connectivity index (χ4n) is 2.18. The molecule has 2 rings (SSSR count). The van der Waals surface area contributed by atoms with Gasteiger partial charge in [0.2, 0.25) is 0 Å². The maximum Gasteiger partial charge on any atom is 0.253 e. The summed E-state index contributed by atoms with van der Waals surface area (Å²) in [5.74, 6) is 0.712. The minimum Gasteiger partial charge on any atom is -0.338 e. The van der Waals surface area contributed by atoms with Crippen LogP contribution in [0.5, 0.6) is 0 Å². The number of amides is 1. The fraction of sp³-hybridized carbons (Fsp3) is 0.533. The number of nitrogens with zero attached hydrogens (tertiary/aromatic N) is 1. The molecule has 4 heteroatoms. The predicted octanol–water partition coefficient (Wildman–Crippen LogP) is 3.49. The van der Waals surface area contributed by atoms with E-state index in [1.54, 1.807) is 19.1 Å². The third-order valence-electron chi connectivity index (χ3n) is 3.53. The van der Waals surface area contributed by atoms with Crippen LogP contribution >= 0.6 is 11.8 Å². The van der Waals surface area contributed by atoms with Gasteiger partial charge in [0, 0.05) is 29.2 Å². The van der Waals surface area contributed by atoms with Crippen LogP contribution in [0.3, 0.4) is 0 Å². The molecule has 0 radical (unpaired) electrons. The molecule has 1 aliphatic heterocycles. The van der Waals surface area contributed by atoms with Gasteiger partial charge in [-0.25, -0.2) is 4.39 Å². The third kappa shape index (κ3) is 3.50. The van der Waals surface area contributed by atoms with Crippen molar-refractivity contribution >= 4 is 17.7 Å². The summed E-state index contributed by atoms with van der Waals surface area (Å²) in [6.45, 7) is 7.66. The number of carbonyl (C=O) groups excluding carboxylic acids is 1. The molecule has 1 saturated heterocycles. The summed E-state index contributed by atoms with van der Waals surface area (Å²) in [5, 5.41) is 0. The van der Waals surface area contributed by atoms with Crippen LogP contribution in [-0.2, 0) is 0 Å². The largest absolute Gasteiger partial charge is 0.338 e.